The fourth-order valence-corrected chi connectivity index (χ4v) is 2.53. The van der Waals surface area contributed by atoms with Crippen LogP contribution in [0.2, 0.25) is 0 Å². The van der Waals surface area contributed by atoms with E-state index in [1.54, 1.807) is 35.9 Å². The van der Waals surface area contributed by atoms with E-state index in [1.807, 2.05) is 36.4 Å². The molecular formula is C20H18N6O2. The van der Waals surface area contributed by atoms with Gasteiger partial charge in [-0.1, -0.05) is 30.3 Å². The summed E-state index contributed by atoms with van der Waals surface area (Å²) in [6.45, 7) is 0.303. The number of nitriles is 1. The minimum absolute atomic E-state index is 0.146. The van der Waals surface area contributed by atoms with E-state index < -0.39 is 6.03 Å². The molecule has 0 bridgehead atoms. The Morgan fingerprint density at radius 3 is 2.61 bits per heavy atom. The number of nitrogens with one attached hydrogen (secondary N) is 1. The molecule has 140 valence electrons. The molecule has 0 radical (unpaired) electrons. The molecule has 3 aromatic rings. The van der Waals surface area contributed by atoms with Gasteiger partial charge >= 0.3 is 6.03 Å². The summed E-state index contributed by atoms with van der Waals surface area (Å²) in [7, 11) is 1.58. The molecular weight excluding hydrogens is 356 g/mol. The van der Waals surface area contributed by atoms with Gasteiger partial charge in [0.15, 0.2) is 5.71 Å². The Morgan fingerprint density at radius 2 is 1.96 bits per heavy atom. The van der Waals surface area contributed by atoms with Crippen molar-refractivity contribution in [1.29, 1.82) is 5.26 Å². The van der Waals surface area contributed by atoms with Crippen molar-refractivity contribution in [3.05, 3.63) is 72.2 Å². The first-order chi connectivity index (χ1) is 13.6. The van der Waals surface area contributed by atoms with Gasteiger partial charge in [0.2, 0.25) is 0 Å². The van der Waals surface area contributed by atoms with Crippen LogP contribution < -0.4 is 15.8 Å². The average molecular weight is 374 g/mol. The SMILES string of the molecule is COc1ccc(-n2cnc(/C(C#N)=N/C(=O)NCc3ccccc3)c2N)cc1. The molecule has 0 saturated carbocycles. The van der Waals surface area contributed by atoms with E-state index in [-0.39, 0.29) is 17.2 Å². The highest BCUT2D eigenvalue weighted by atomic mass is 16.5. The maximum Gasteiger partial charge on any atom is 0.342 e. The van der Waals surface area contributed by atoms with E-state index in [4.69, 9.17) is 10.5 Å². The van der Waals surface area contributed by atoms with Crippen molar-refractivity contribution in [2.75, 3.05) is 12.8 Å². The van der Waals surface area contributed by atoms with Crippen molar-refractivity contribution >= 4 is 17.6 Å². The highest BCUT2D eigenvalue weighted by Crippen LogP contribution is 2.20. The molecule has 28 heavy (non-hydrogen) atoms. The Morgan fingerprint density at radius 1 is 1.25 bits per heavy atom. The van der Waals surface area contributed by atoms with Gasteiger partial charge < -0.3 is 15.8 Å². The fourth-order valence-electron chi connectivity index (χ4n) is 2.53. The third-order valence-corrected chi connectivity index (χ3v) is 3.99. The minimum Gasteiger partial charge on any atom is -0.497 e. The van der Waals surface area contributed by atoms with Crippen LogP contribution in [0.5, 0.6) is 5.75 Å². The van der Waals surface area contributed by atoms with Gasteiger partial charge in [-0.25, -0.2) is 9.78 Å². The van der Waals surface area contributed by atoms with Crippen molar-refractivity contribution in [3.8, 4) is 17.5 Å². The smallest absolute Gasteiger partial charge is 0.342 e. The number of imidazole rings is 1. The zero-order valence-corrected chi connectivity index (χ0v) is 15.2. The van der Waals surface area contributed by atoms with Crippen LogP contribution >= 0.6 is 0 Å². The summed E-state index contributed by atoms with van der Waals surface area (Å²) in [5, 5.41) is 12.0. The van der Waals surface area contributed by atoms with Gasteiger partial charge in [-0.2, -0.15) is 10.3 Å². The molecule has 2 aromatic carbocycles. The Balaban J connectivity index is 1.78. The number of methoxy groups -OCH3 is 1. The highest BCUT2D eigenvalue weighted by molar-refractivity contribution is 6.16. The van der Waals surface area contributed by atoms with Crippen molar-refractivity contribution in [2.24, 2.45) is 4.99 Å². The molecule has 0 aliphatic carbocycles. The van der Waals surface area contributed by atoms with Crippen LogP contribution in [0.4, 0.5) is 10.6 Å². The van der Waals surface area contributed by atoms with Crippen molar-refractivity contribution in [3.63, 3.8) is 0 Å². The molecule has 3 N–H and O–H groups in total. The van der Waals surface area contributed by atoms with Crippen LogP contribution in [0.3, 0.4) is 0 Å². The average Bonchev–Trinajstić information content (AvgIpc) is 3.12. The highest BCUT2D eigenvalue weighted by Gasteiger charge is 2.16. The lowest BCUT2D eigenvalue weighted by molar-refractivity contribution is 0.249. The van der Waals surface area contributed by atoms with E-state index in [1.165, 1.54) is 6.33 Å². The maximum absolute atomic E-state index is 12.1. The number of anilines is 1. The number of nitrogens with zero attached hydrogens (tertiary/aromatic N) is 4. The van der Waals surface area contributed by atoms with Crippen LogP contribution in [0.25, 0.3) is 5.69 Å². The zero-order chi connectivity index (χ0) is 19.9. The summed E-state index contributed by atoms with van der Waals surface area (Å²) in [6, 6.07) is 17.8. The van der Waals surface area contributed by atoms with E-state index in [0.717, 1.165) is 11.3 Å². The summed E-state index contributed by atoms with van der Waals surface area (Å²) in [6.07, 6.45) is 1.47. The van der Waals surface area contributed by atoms with Crippen molar-refractivity contribution in [2.45, 2.75) is 6.54 Å². The van der Waals surface area contributed by atoms with Gasteiger partial charge in [0.1, 0.15) is 29.7 Å². The molecule has 0 aliphatic heterocycles. The molecule has 3 rings (SSSR count). The predicted octanol–water partition coefficient (Wildman–Crippen LogP) is 2.69. The molecule has 0 atom stereocenters. The molecule has 0 fully saturated rings. The predicted molar refractivity (Wildman–Crippen MR) is 105 cm³/mol. The Labute approximate surface area is 161 Å². The number of hydrogen-bond donors (Lipinski definition) is 2. The summed E-state index contributed by atoms with van der Waals surface area (Å²) in [4.78, 5) is 20.0. The van der Waals surface area contributed by atoms with Gasteiger partial charge in [-0.05, 0) is 29.8 Å². The number of nitrogen functional groups attached to an aromatic ring is 1. The number of nitrogens with two attached hydrogens (primary N) is 1. The first-order valence-corrected chi connectivity index (χ1v) is 8.40. The molecule has 8 nitrogen and oxygen atoms in total. The van der Waals surface area contributed by atoms with Crippen LogP contribution in [0, 0.1) is 11.3 Å². The number of urea groups is 1. The third kappa shape index (κ3) is 4.16. The molecule has 0 unspecified atom stereocenters. The summed E-state index contributed by atoms with van der Waals surface area (Å²) in [5.74, 6) is 0.915. The Hall–Kier alpha value is -4.12. The van der Waals surface area contributed by atoms with Crippen LogP contribution in [0.15, 0.2) is 65.9 Å². The largest absolute Gasteiger partial charge is 0.497 e. The first kappa shape index (κ1) is 18.7. The van der Waals surface area contributed by atoms with Crippen LogP contribution in [-0.4, -0.2) is 28.4 Å². The normalized spacial score (nSPS) is 10.9. The number of hydrogen-bond acceptors (Lipinski definition) is 5. The van der Waals surface area contributed by atoms with Gasteiger partial charge in [0, 0.05) is 12.2 Å². The number of ether oxygens (including phenoxy) is 1. The number of carbonyl (C=O) groups is 1. The summed E-state index contributed by atoms with van der Waals surface area (Å²) < 4.78 is 6.73. The lowest BCUT2D eigenvalue weighted by Crippen LogP contribution is -2.21. The lowest BCUT2D eigenvalue weighted by atomic mass is 10.2. The number of benzene rings is 2. The lowest BCUT2D eigenvalue weighted by Gasteiger charge is -2.06. The molecule has 0 aliphatic rings. The number of amides is 2. The zero-order valence-electron chi connectivity index (χ0n) is 15.2. The molecule has 1 aromatic heterocycles. The summed E-state index contributed by atoms with van der Waals surface area (Å²) >= 11 is 0. The van der Waals surface area contributed by atoms with Crippen molar-refractivity contribution < 1.29 is 9.53 Å². The van der Waals surface area contributed by atoms with Crippen LogP contribution in [0.1, 0.15) is 11.3 Å². The van der Waals surface area contributed by atoms with Gasteiger partial charge in [0.25, 0.3) is 0 Å². The second-order valence-corrected chi connectivity index (χ2v) is 5.76. The minimum atomic E-state index is -0.640. The monoisotopic (exact) mass is 374 g/mol. The molecule has 0 saturated heterocycles. The number of rotatable bonds is 5. The van der Waals surface area contributed by atoms with E-state index in [2.05, 4.69) is 15.3 Å². The van der Waals surface area contributed by atoms with Gasteiger partial charge in [-0.15, -0.1) is 0 Å². The maximum atomic E-state index is 12.1. The van der Waals surface area contributed by atoms with Gasteiger partial charge in [0.05, 0.1) is 7.11 Å². The number of aromatic nitrogens is 2. The number of carbonyl (C=O) groups excluding carboxylic acids is 1. The third-order valence-electron chi connectivity index (χ3n) is 3.99. The van der Waals surface area contributed by atoms with Gasteiger partial charge in [-0.3, -0.25) is 4.57 Å². The molecule has 2 amide bonds. The molecule has 0 spiro atoms. The molecule has 8 heteroatoms. The van der Waals surface area contributed by atoms with Crippen molar-refractivity contribution in [1.82, 2.24) is 14.9 Å². The topological polar surface area (TPSA) is 118 Å². The molecule has 1 heterocycles. The fraction of sp³-hybridized carbons (Fsp3) is 0.100. The quantitative estimate of drug-likeness (QED) is 0.666. The van der Waals surface area contributed by atoms with E-state index in [9.17, 15) is 10.1 Å². The summed E-state index contributed by atoms with van der Waals surface area (Å²) in [5.41, 5.74) is 7.78. The number of aliphatic imine (C=N–C) groups is 1. The first-order valence-electron chi connectivity index (χ1n) is 8.40. The Bertz CT molecular complexity index is 1030. The second kappa shape index (κ2) is 8.51. The Kier molecular flexibility index (Phi) is 5.67. The van der Waals surface area contributed by atoms with E-state index in [0.29, 0.717) is 12.3 Å². The standard InChI is InChI=1S/C20H18N6O2/c1-28-16-9-7-15(8-10-16)26-13-24-18(19(26)22)17(11-21)25-20(27)23-12-14-5-3-2-4-6-14/h2-10,13H,12,22H2,1H3,(H,23,27)/b25-17+. The van der Waals surface area contributed by atoms with E-state index >= 15 is 0 Å². The second-order valence-electron chi connectivity index (χ2n) is 5.76. The van der Waals surface area contributed by atoms with Crippen LogP contribution in [-0.2, 0) is 6.54 Å².